The van der Waals surface area contributed by atoms with Crippen molar-refractivity contribution in [2.75, 3.05) is 25.1 Å². The minimum absolute atomic E-state index is 0.0557. The maximum Gasteiger partial charge on any atom is 0.270 e. The first-order chi connectivity index (χ1) is 12.0. The van der Waals surface area contributed by atoms with Crippen molar-refractivity contribution < 1.29 is 14.5 Å². The topological polar surface area (TPSA) is 85.0 Å². The molecule has 128 valence electrons. The van der Waals surface area contributed by atoms with E-state index in [2.05, 4.69) is 4.99 Å². The van der Waals surface area contributed by atoms with E-state index in [1.165, 1.54) is 24.1 Å². The summed E-state index contributed by atoms with van der Waals surface area (Å²) in [6.45, 7) is 0.729. The van der Waals surface area contributed by atoms with Gasteiger partial charge in [-0.15, -0.1) is 0 Å². The van der Waals surface area contributed by atoms with Crippen LogP contribution in [0.15, 0.2) is 41.4 Å². The summed E-state index contributed by atoms with van der Waals surface area (Å²) in [6, 6.07) is 9.13. The number of non-ortho nitro benzene ring substituents is 1. The SMILES string of the molecule is COc1ccc(Cl)cc1C(=O)N1CCN=Cc2cc([N+](=O)[O-])ccc21. The van der Waals surface area contributed by atoms with Gasteiger partial charge in [0.2, 0.25) is 0 Å². The Morgan fingerprint density at radius 3 is 2.84 bits per heavy atom. The quantitative estimate of drug-likeness (QED) is 0.621. The Kier molecular flexibility index (Phi) is 4.67. The number of ether oxygens (including phenoxy) is 1. The number of carbonyl (C=O) groups is 1. The number of carbonyl (C=O) groups excluding carboxylic acids is 1. The minimum Gasteiger partial charge on any atom is -0.496 e. The molecule has 0 spiro atoms. The zero-order valence-electron chi connectivity index (χ0n) is 13.3. The second-order valence-electron chi connectivity index (χ2n) is 5.34. The van der Waals surface area contributed by atoms with Crippen molar-refractivity contribution in [2.24, 2.45) is 4.99 Å². The third-order valence-electron chi connectivity index (χ3n) is 3.83. The zero-order valence-corrected chi connectivity index (χ0v) is 14.1. The van der Waals surface area contributed by atoms with Crippen LogP contribution < -0.4 is 9.64 Å². The van der Waals surface area contributed by atoms with Crippen molar-refractivity contribution in [3.8, 4) is 5.75 Å². The Bertz CT molecular complexity index is 882. The lowest BCUT2D eigenvalue weighted by Gasteiger charge is -2.23. The van der Waals surface area contributed by atoms with Crippen molar-refractivity contribution in [3.63, 3.8) is 0 Å². The van der Waals surface area contributed by atoms with Gasteiger partial charge in [0, 0.05) is 35.5 Å². The Balaban J connectivity index is 2.06. The van der Waals surface area contributed by atoms with Gasteiger partial charge in [-0.2, -0.15) is 0 Å². The highest BCUT2D eigenvalue weighted by molar-refractivity contribution is 6.31. The van der Waals surface area contributed by atoms with E-state index < -0.39 is 4.92 Å². The molecule has 0 bridgehead atoms. The molecular weight excluding hydrogens is 346 g/mol. The third kappa shape index (κ3) is 3.32. The summed E-state index contributed by atoms with van der Waals surface area (Å²) in [7, 11) is 1.48. The summed E-state index contributed by atoms with van der Waals surface area (Å²) in [6.07, 6.45) is 1.55. The molecule has 1 aliphatic heterocycles. The first-order valence-electron chi connectivity index (χ1n) is 7.45. The molecule has 0 saturated heterocycles. The predicted molar refractivity (Wildman–Crippen MR) is 95.2 cm³/mol. The summed E-state index contributed by atoms with van der Waals surface area (Å²) in [5.41, 5.74) is 1.33. The average Bonchev–Trinajstić information content (AvgIpc) is 2.82. The van der Waals surface area contributed by atoms with Gasteiger partial charge in [-0.3, -0.25) is 19.9 Å². The Hall–Kier alpha value is -2.93. The van der Waals surface area contributed by atoms with Gasteiger partial charge < -0.3 is 9.64 Å². The molecule has 3 rings (SSSR count). The number of methoxy groups -OCH3 is 1. The van der Waals surface area contributed by atoms with Crippen LogP contribution >= 0.6 is 11.6 Å². The van der Waals surface area contributed by atoms with E-state index in [0.717, 1.165) is 0 Å². The van der Waals surface area contributed by atoms with Crippen LogP contribution in [0.2, 0.25) is 5.02 Å². The smallest absolute Gasteiger partial charge is 0.270 e. The summed E-state index contributed by atoms with van der Waals surface area (Å²) < 4.78 is 5.26. The number of fused-ring (bicyclic) bond motifs is 1. The van der Waals surface area contributed by atoms with Crippen LogP contribution in [0.1, 0.15) is 15.9 Å². The molecule has 0 fully saturated rings. The van der Waals surface area contributed by atoms with Crippen LogP contribution in [0.4, 0.5) is 11.4 Å². The Morgan fingerprint density at radius 2 is 2.12 bits per heavy atom. The molecule has 0 radical (unpaired) electrons. The van der Waals surface area contributed by atoms with E-state index >= 15 is 0 Å². The number of aliphatic imine (C=N–C) groups is 1. The lowest BCUT2D eigenvalue weighted by Crippen LogP contribution is -2.33. The summed E-state index contributed by atoms with van der Waals surface area (Å²) >= 11 is 6.02. The number of nitro benzene ring substituents is 1. The van der Waals surface area contributed by atoms with Crippen LogP contribution in [0, 0.1) is 10.1 Å². The number of rotatable bonds is 3. The molecule has 2 aromatic rings. The lowest BCUT2D eigenvalue weighted by molar-refractivity contribution is -0.384. The normalized spacial score (nSPS) is 13.1. The highest BCUT2D eigenvalue weighted by Gasteiger charge is 2.25. The second-order valence-corrected chi connectivity index (χ2v) is 5.77. The molecule has 0 unspecified atom stereocenters. The molecule has 2 aromatic carbocycles. The van der Waals surface area contributed by atoms with E-state index in [4.69, 9.17) is 16.3 Å². The molecule has 0 aliphatic carbocycles. The number of hydrogen-bond donors (Lipinski definition) is 0. The van der Waals surface area contributed by atoms with Gasteiger partial charge in [-0.1, -0.05) is 11.6 Å². The molecule has 0 saturated carbocycles. The molecule has 1 amide bonds. The van der Waals surface area contributed by atoms with Crippen LogP contribution in [0.25, 0.3) is 0 Å². The number of benzene rings is 2. The first-order valence-corrected chi connectivity index (χ1v) is 7.82. The van der Waals surface area contributed by atoms with E-state index in [1.807, 2.05) is 0 Å². The van der Waals surface area contributed by atoms with Crippen molar-refractivity contribution in [1.82, 2.24) is 0 Å². The highest BCUT2D eigenvalue weighted by Crippen LogP contribution is 2.30. The largest absolute Gasteiger partial charge is 0.496 e. The van der Waals surface area contributed by atoms with Gasteiger partial charge in [-0.25, -0.2) is 0 Å². The van der Waals surface area contributed by atoms with Crippen LogP contribution in [0.5, 0.6) is 5.75 Å². The van der Waals surface area contributed by atoms with Gasteiger partial charge in [0.05, 0.1) is 29.8 Å². The van der Waals surface area contributed by atoms with Crippen LogP contribution in [-0.2, 0) is 0 Å². The number of nitro groups is 1. The molecule has 0 aromatic heterocycles. The number of anilines is 1. The van der Waals surface area contributed by atoms with Gasteiger partial charge >= 0.3 is 0 Å². The maximum absolute atomic E-state index is 13.1. The molecule has 8 heteroatoms. The fraction of sp³-hybridized carbons (Fsp3) is 0.176. The maximum atomic E-state index is 13.1. The fourth-order valence-corrected chi connectivity index (χ4v) is 2.82. The minimum atomic E-state index is -0.481. The van der Waals surface area contributed by atoms with Gasteiger partial charge in [0.25, 0.3) is 11.6 Å². The third-order valence-corrected chi connectivity index (χ3v) is 4.07. The van der Waals surface area contributed by atoms with Crippen LogP contribution in [-0.4, -0.2) is 37.2 Å². The predicted octanol–water partition coefficient (Wildman–Crippen LogP) is 3.34. The van der Waals surface area contributed by atoms with E-state index in [1.54, 1.807) is 30.5 Å². The molecule has 1 heterocycles. The number of halogens is 1. The fourth-order valence-electron chi connectivity index (χ4n) is 2.65. The second kappa shape index (κ2) is 6.90. The molecule has 0 atom stereocenters. The number of benzodiazepines with no additional fused rings is 1. The van der Waals surface area contributed by atoms with Crippen molar-refractivity contribution in [3.05, 3.63) is 62.7 Å². The molecule has 25 heavy (non-hydrogen) atoms. The zero-order chi connectivity index (χ0) is 18.0. The molecule has 7 nitrogen and oxygen atoms in total. The number of amides is 1. The van der Waals surface area contributed by atoms with Crippen LogP contribution in [0.3, 0.4) is 0 Å². The average molecular weight is 360 g/mol. The summed E-state index contributed by atoms with van der Waals surface area (Å²) in [5, 5.41) is 11.4. The van der Waals surface area contributed by atoms with Crippen molar-refractivity contribution in [2.45, 2.75) is 0 Å². The lowest BCUT2D eigenvalue weighted by atomic mass is 10.1. The molecular formula is C17H14ClN3O4. The van der Waals surface area contributed by atoms with E-state index in [9.17, 15) is 14.9 Å². The van der Waals surface area contributed by atoms with E-state index in [0.29, 0.717) is 40.7 Å². The first kappa shape index (κ1) is 16.9. The Labute approximate surface area is 148 Å². The molecule has 1 aliphatic rings. The van der Waals surface area contributed by atoms with Gasteiger partial charge in [0.15, 0.2) is 0 Å². The van der Waals surface area contributed by atoms with E-state index in [-0.39, 0.29) is 11.6 Å². The number of nitrogens with zero attached hydrogens (tertiary/aromatic N) is 3. The molecule has 0 N–H and O–H groups in total. The standard InChI is InChI=1S/C17H14ClN3O4/c1-25-16-5-2-12(18)9-14(16)17(22)20-7-6-19-10-11-8-13(21(23)24)3-4-15(11)20/h2-5,8-10H,6-7H2,1H3. The summed E-state index contributed by atoms with van der Waals surface area (Å²) in [4.78, 5) is 29.3. The Morgan fingerprint density at radius 1 is 1.32 bits per heavy atom. The summed E-state index contributed by atoms with van der Waals surface area (Å²) in [5.74, 6) is 0.1000. The van der Waals surface area contributed by atoms with Crippen molar-refractivity contribution in [1.29, 1.82) is 0 Å². The highest BCUT2D eigenvalue weighted by atomic mass is 35.5. The van der Waals surface area contributed by atoms with Gasteiger partial charge in [0.1, 0.15) is 5.75 Å². The van der Waals surface area contributed by atoms with Gasteiger partial charge in [-0.05, 0) is 24.3 Å². The monoisotopic (exact) mass is 359 g/mol. The van der Waals surface area contributed by atoms with Crippen molar-refractivity contribution >= 4 is 35.1 Å². The number of hydrogen-bond acceptors (Lipinski definition) is 5.